The molecule has 2 unspecified atom stereocenters. The molecule has 0 amide bonds. The Morgan fingerprint density at radius 1 is 1.06 bits per heavy atom. The average molecular weight is 252 g/mol. The van der Waals surface area contributed by atoms with Gasteiger partial charge in [0.15, 0.2) is 0 Å². The largest absolute Gasteiger partial charge is 0.303 e. The third-order valence-corrected chi connectivity index (χ3v) is 3.73. The second-order valence-corrected chi connectivity index (χ2v) is 5.90. The molecule has 0 spiro atoms. The summed E-state index contributed by atoms with van der Waals surface area (Å²) in [5.41, 5.74) is 0. The molecule has 2 nitrogen and oxygen atoms in total. The van der Waals surface area contributed by atoms with Gasteiger partial charge < -0.3 is 4.79 Å². The van der Waals surface area contributed by atoms with Crippen molar-refractivity contribution < 1.29 is 9.59 Å². The Kier molecular flexibility index (Phi) is 7.81. The molecule has 0 aliphatic heterocycles. The third-order valence-electron chi connectivity index (χ3n) is 3.73. The third kappa shape index (κ3) is 4.75. The van der Waals surface area contributed by atoms with Crippen molar-refractivity contribution in [3.63, 3.8) is 0 Å². The summed E-state index contributed by atoms with van der Waals surface area (Å²) in [6.07, 6.45) is 3.71. The lowest BCUT2D eigenvalue weighted by molar-refractivity contribution is -0.131. The molecule has 0 N–H and O–H groups in total. The molecular weight excluding hydrogens is 224 g/mol. The average Bonchev–Trinajstić information content (AvgIpc) is 2.26. The van der Waals surface area contributed by atoms with Gasteiger partial charge in [-0.2, -0.15) is 0 Å². The van der Waals surface area contributed by atoms with Gasteiger partial charge >= 0.3 is 0 Å². The first-order chi connectivity index (χ1) is 8.36. The fraction of sp³-hybridized carbons (Fsp3) is 0.750. The molecule has 0 rings (SSSR count). The van der Waals surface area contributed by atoms with E-state index >= 15 is 0 Å². The smallest absolute Gasteiger partial charge is 0.139 e. The highest BCUT2D eigenvalue weighted by Crippen LogP contribution is 2.33. The van der Waals surface area contributed by atoms with Crippen molar-refractivity contribution >= 4 is 12.1 Å². The number of hydrogen-bond donors (Lipinski definition) is 0. The van der Waals surface area contributed by atoms with Crippen LogP contribution in [0.5, 0.6) is 0 Å². The van der Waals surface area contributed by atoms with Gasteiger partial charge in [-0.05, 0) is 24.2 Å². The first kappa shape index (κ1) is 17.1. The van der Waals surface area contributed by atoms with E-state index in [2.05, 4.69) is 34.3 Å². The van der Waals surface area contributed by atoms with Crippen LogP contribution in [0.4, 0.5) is 0 Å². The molecule has 0 bridgehead atoms. The van der Waals surface area contributed by atoms with Gasteiger partial charge in [0.25, 0.3) is 0 Å². The fourth-order valence-corrected chi connectivity index (χ4v) is 3.00. The van der Waals surface area contributed by atoms with E-state index in [-0.39, 0.29) is 23.5 Å². The van der Waals surface area contributed by atoms with Crippen molar-refractivity contribution in [3.05, 3.63) is 12.7 Å². The molecule has 0 heterocycles. The number of Topliss-reactive ketones (excluding diaryl/α,β-unsaturated/α-hetero) is 1. The zero-order chi connectivity index (χ0) is 14.3. The Morgan fingerprint density at radius 3 is 1.89 bits per heavy atom. The zero-order valence-corrected chi connectivity index (χ0v) is 12.5. The van der Waals surface area contributed by atoms with Crippen molar-refractivity contribution in [1.29, 1.82) is 0 Å². The molecule has 0 aliphatic rings. The van der Waals surface area contributed by atoms with Crippen LogP contribution in [0.1, 0.15) is 47.5 Å². The molecule has 0 saturated heterocycles. The van der Waals surface area contributed by atoms with Gasteiger partial charge in [-0.25, -0.2) is 0 Å². The second kappa shape index (κ2) is 8.23. The Labute approximate surface area is 112 Å². The molecule has 104 valence electrons. The molecule has 0 aromatic rings. The molecule has 2 heteroatoms. The lowest BCUT2D eigenvalue weighted by Crippen LogP contribution is -2.34. The number of carbonyl (C=O) groups excluding carboxylic acids is 2. The Balaban J connectivity index is 5.07. The van der Waals surface area contributed by atoms with Gasteiger partial charge in [-0.1, -0.05) is 40.7 Å². The number of aldehydes is 1. The maximum absolute atomic E-state index is 12.5. The molecule has 0 aliphatic carbocycles. The molecule has 0 saturated carbocycles. The van der Waals surface area contributed by atoms with Gasteiger partial charge in [0.1, 0.15) is 12.1 Å². The van der Waals surface area contributed by atoms with Gasteiger partial charge in [0.2, 0.25) is 0 Å². The summed E-state index contributed by atoms with van der Waals surface area (Å²) in [6.45, 7) is 14.1. The first-order valence-corrected chi connectivity index (χ1v) is 6.95. The number of carbonyl (C=O) groups is 2. The Morgan fingerprint density at radius 2 is 1.56 bits per heavy atom. The molecule has 0 radical (unpaired) electrons. The predicted octanol–water partition coefficient (Wildman–Crippen LogP) is 3.90. The number of hydrogen-bond acceptors (Lipinski definition) is 2. The normalized spacial score (nSPS) is 14.9. The predicted molar refractivity (Wildman–Crippen MR) is 76.3 cm³/mol. The quantitative estimate of drug-likeness (QED) is 0.460. The highest BCUT2D eigenvalue weighted by Gasteiger charge is 2.33. The maximum atomic E-state index is 12.5. The molecule has 2 atom stereocenters. The Hall–Kier alpha value is -0.920. The van der Waals surface area contributed by atoms with Crippen LogP contribution >= 0.6 is 0 Å². The van der Waals surface area contributed by atoms with Crippen molar-refractivity contribution in [2.45, 2.75) is 47.5 Å². The number of ketones is 1. The van der Waals surface area contributed by atoms with E-state index in [9.17, 15) is 9.59 Å². The molecule has 18 heavy (non-hydrogen) atoms. The topological polar surface area (TPSA) is 34.1 Å². The number of allylic oxidation sites excluding steroid dienone is 1. The monoisotopic (exact) mass is 252 g/mol. The van der Waals surface area contributed by atoms with Crippen LogP contribution in [0.25, 0.3) is 0 Å². The lowest BCUT2D eigenvalue weighted by atomic mass is 9.71. The van der Waals surface area contributed by atoms with Crippen LogP contribution < -0.4 is 0 Å². The van der Waals surface area contributed by atoms with Crippen LogP contribution in [0.15, 0.2) is 12.7 Å². The molecule has 0 aromatic heterocycles. The van der Waals surface area contributed by atoms with Crippen molar-refractivity contribution in [2.24, 2.45) is 29.6 Å². The van der Waals surface area contributed by atoms with Gasteiger partial charge in [0.05, 0.1) is 0 Å². The summed E-state index contributed by atoms with van der Waals surface area (Å²) in [5.74, 6) is 1.14. The summed E-state index contributed by atoms with van der Waals surface area (Å²) in [7, 11) is 0. The minimum Gasteiger partial charge on any atom is -0.303 e. The minimum absolute atomic E-state index is 0.0348. The highest BCUT2D eigenvalue weighted by atomic mass is 16.1. The second-order valence-electron chi connectivity index (χ2n) is 5.90. The SMILES string of the molecule is C=CCC(C)C(=O)C(CC=O)C(C(C)C)C(C)C. The first-order valence-electron chi connectivity index (χ1n) is 6.95. The summed E-state index contributed by atoms with van der Waals surface area (Å²) in [6, 6.07) is 0. The summed E-state index contributed by atoms with van der Waals surface area (Å²) < 4.78 is 0. The van der Waals surface area contributed by atoms with E-state index in [1.54, 1.807) is 6.08 Å². The van der Waals surface area contributed by atoms with E-state index in [1.807, 2.05) is 6.92 Å². The molecular formula is C16H28O2. The van der Waals surface area contributed by atoms with E-state index in [0.717, 1.165) is 6.29 Å². The van der Waals surface area contributed by atoms with Crippen LogP contribution in [-0.4, -0.2) is 12.1 Å². The number of rotatable bonds is 9. The zero-order valence-electron chi connectivity index (χ0n) is 12.5. The van der Waals surface area contributed by atoms with Crippen molar-refractivity contribution in [1.82, 2.24) is 0 Å². The fourth-order valence-electron chi connectivity index (χ4n) is 3.00. The van der Waals surface area contributed by atoms with E-state index in [1.165, 1.54) is 0 Å². The molecule has 0 aromatic carbocycles. The summed E-state index contributed by atoms with van der Waals surface area (Å²) in [5, 5.41) is 0. The minimum atomic E-state index is -0.141. The van der Waals surface area contributed by atoms with E-state index < -0.39 is 0 Å². The van der Waals surface area contributed by atoms with Crippen LogP contribution in [0.2, 0.25) is 0 Å². The van der Waals surface area contributed by atoms with Crippen molar-refractivity contribution in [3.8, 4) is 0 Å². The van der Waals surface area contributed by atoms with Gasteiger partial charge in [-0.15, -0.1) is 6.58 Å². The van der Waals surface area contributed by atoms with E-state index in [4.69, 9.17) is 0 Å². The van der Waals surface area contributed by atoms with Gasteiger partial charge in [-0.3, -0.25) is 4.79 Å². The van der Waals surface area contributed by atoms with Crippen LogP contribution in [0.3, 0.4) is 0 Å². The van der Waals surface area contributed by atoms with E-state index in [0.29, 0.717) is 24.7 Å². The Bertz CT molecular complexity index is 271. The maximum Gasteiger partial charge on any atom is 0.139 e. The van der Waals surface area contributed by atoms with Crippen LogP contribution in [0, 0.1) is 29.6 Å². The van der Waals surface area contributed by atoms with Crippen LogP contribution in [-0.2, 0) is 9.59 Å². The lowest BCUT2D eigenvalue weighted by Gasteiger charge is -2.33. The highest BCUT2D eigenvalue weighted by molar-refractivity contribution is 5.85. The van der Waals surface area contributed by atoms with Crippen molar-refractivity contribution in [2.75, 3.05) is 0 Å². The summed E-state index contributed by atoms with van der Waals surface area (Å²) >= 11 is 0. The standard InChI is InChI=1S/C16H28O2/c1-7-8-13(6)16(18)14(9-10-17)15(11(2)3)12(4)5/h7,10-15H,1,8-9H2,2-6H3. The van der Waals surface area contributed by atoms with Gasteiger partial charge in [0, 0.05) is 18.3 Å². The summed E-state index contributed by atoms with van der Waals surface area (Å²) in [4.78, 5) is 23.3. The molecule has 0 fully saturated rings.